The van der Waals surface area contributed by atoms with E-state index in [1.807, 2.05) is 42.5 Å². The third-order valence-electron chi connectivity index (χ3n) is 4.63. The van der Waals surface area contributed by atoms with Crippen LogP contribution in [0.4, 0.5) is 4.39 Å². The van der Waals surface area contributed by atoms with Crippen molar-refractivity contribution >= 4 is 27.5 Å². The van der Waals surface area contributed by atoms with Crippen molar-refractivity contribution in [1.29, 1.82) is 0 Å². The molecule has 2 atom stereocenters. The first-order chi connectivity index (χ1) is 11.5. The minimum absolute atomic E-state index is 0.101. The molecule has 3 rings (SSSR count). The number of carbonyl (C=O) groups excluding carboxylic acids is 1. The number of amides is 1. The Labute approximate surface area is 149 Å². The van der Waals surface area contributed by atoms with Gasteiger partial charge in [0.2, 0.25) is 0 Å². The van der Waals surface area contributed by atoms with Gasteiger partial charge in [0.25, 0.3) is 5.91 Å². The van der Waals surface area contributed by atoms with Gasteiger partial charge in [0.1, 0.15) is 5.82 Å². The number of benzene rings is 2. The average Bonchev–Trinajstić information content (AvgIpc) is 2.89. The first-order valence-corrected chi connectivity index (χ1v) is 8.88. The second-order valence-electron chi connectivity index (χ2n) is 6.16. The third-order valence-corrected chi connectivity index (χ3v) is 5.13. The molecule has 124 valence electrons. The monoisotopic (exact) mass is 387 g/mol. The maximum Gasteiger partial charge on any atom is 0.256 e. The Morgan fingerprint density at radius 1 is 1.21 bits per heavy atom. The highest BCUT2D eigenvalue weighted by molar-refractivity contribution is 9.10. The summed E-state index contributed by atoms with van der Waals surface area (Å²) in [4.78, 5) is 12.1. The van der Waals surface area contributed by atoms with Gasteiger partial charge in [0, 0.05) is 27.2 Å². The number of fused-ring (bicyclic) bond motifs is 1. The Balaban J connectivity index is 2.07. The van der Waals surface area contributed by atoms with E-state index >= 15 is 0 Å². The van der Waals surface area contributed by atoms with Crippen LogP contribution < -0.4 is 5.32 Å². The maximum atomic E-state index is 14.5. The van der Waals surface area contributed by atoms with Crippen LogP contribution in [-0.4, -0.2) is 5.91 Å². The van der Waals surface area contributed by atoms with Crippen LogP contribution in [0.25, 0.3) is 5.70 Å². The molecule has 0 bridgehead atoms. The predicted molar refractivity (Wildman–Crippen MR) is 98.2 cm³/mol. The van der Waals surface area contributed by atoms with Crippen molar-refractivity contribution in [2.24, 2.45) is 5.92 Å². The van der Waals surface area contributed by atoms with Gasteiger partial charge >= 0.3 is 0 Å². The van der Waals surface area contributed by atoms with Crippen molar-refractivity contribution in [3.8, 4) is 0 Å². The molecule has 0 fully saturated rings. The molecule has 2 aromatic carbocycles. The van der Waals surface area contributed by atoms with Crippen molar-refractivity contribution in [1.82, 2.24) is 5.32 Å². The molecule has 1 aliphatic rings. The zero-order valence-electron chi connectivity index (χ0n) is 13.6. The topological polar surface area (TPSA) is 29.1 Å². The molecule has 4 heteroatoms. The molecule has 24 heavy (non-hydrogen) atoms. The number of carbonyl (C=O) groups is 1. The molecule has 2 nitrogen and oxygen atoms in total. The lowest BCUT2D eigenvalue weighted by atomic mass is 9.84. The van der Waals surface area contributed by atoms with Crippen LogP contribution in [0, 0.1) is 11.7 Å². The fourth-order valence-electron chi connectivity index (χ4n) is 3.07. The van der Waals surface area contributed by atoms with Crippen LogP contribution in [0.2, 0.25) is 0 Å². The Morgan fingerprint density at radius 2 is 1.92 bits per heavy atom. The molecule has 0 saturated carbocycles. The van der Waals surface area contributed by atoms with E-state index in [1.165, 1.54) is 6.07 Å². The minimum atomic E-state index is -0.232. The van der Waals surface area contributed by atoms with Crippen molar-refractivity contribution in [3.63, 3.8) is 0 Å². The lowest BCUT2D eigenvalue weighted by molar-refractivity contribution is 0.0981. The molecule has 2 unspecified atom stereocenters. The summed E-state index contributed by atoms with van der Waals surface area (Å²) in [6.45, 7) is 4.19. The zero-order chi connectivity index (χ0) is 17.3. The summed E-state index contributed by atoms with van der Waals surface area (Å²) in [5.41, 5.74) is 2.97. The zero-order valence-corrected chi connectivity index (χ0v) is 15.2. The molecular weight excluding hydrogens is 369 g/mol. The SMILES string of the molecule is CCC(C)C(C=C1NC(=O)c2ccccc21)c1ccc(Br)cc1F. The van der Waals surface area contributed by atoms with Crippen molar-refractivity contribution in [2.45, 2.75) is 26.2 Å². The van der Waals surface area contributed by atoms with Crippen molar-refractivity contribution < 1.29 is 9.18 Å². The third kappa shape index (κ3) is 3.16. The summed E-state index contributed by atoms with van der Waals surface area (Å²) in [6, 6.07) is 12.6. The van der Waals surface area contributed by atoms with Crippen molar-refractivity contribution in [3.05, 3.63) is 75.5 Å². The summed E-state index contributed by atoms with van der Waals surface area (Å²) in [5, 5.41) is 2.92. The molecule has 1 heterocycles. The normalized spacial score (nSPS) is 17.5. The second-order valence-corrected chi connectivity index (χ2v) is 7.07. The van der Waals surface area contributed by atoms with Gasteiger partial charge in [0.15, 0.2) is 0 Å². The molecule has 1 amide bonds. The van der Waals surface area contributed by atoms with Crippen LogP contribution >= 0.6 is 15.9 Å². The highest BCUT2D eigenvalue weighted by Crippen LogP contribution is 2.35. The summed E-state index contributed by atoms with van der Waals surface area (Å²) >= 11 is 3.30. The van der Waals surface area contributed by atoms with E-state index in [9.17, 15) is 9.18 Å². The van der Waals surface area contributed by atoms with E-state index in [-0.39, 0.29) is 23.6 Å². The summed E-state index contributed by atoms with van der Waals surface area (Å²) in [7, 11) is 0. The number of rotatable bonds is 4. The Bertz CT molecular complexity index is 815. The first kappa shape index (κ1) is 16.9. The van der Waals surface area contributed by atoms with Crippen LogP contribution in [0.15, 0.2) is 53.0 Å². The number of hydrogen-bond acceptors (Lipinski definition) is 1. The lowest BCUT2D eigenvalue weighted by Gasteiger charge is -2.22. The fourth-order valence-corrected chi connectivity index (χ4v) is 3.40. The van der Waals surface area contributed by atoms with Gasteiger partial charge in [-0.2, -0.15) is 0 Å². The summed E-state index contributed by atoms with van der Waals surface area (Å²) in [6.07, 6.45) is 2.91. The fraction of sp³-hybridized carbons (Fsp3) is 0.250. The van der Waals surface area contributed by atoms with Crippen LogP contribution in [0.3, 0.4) is 0 Å². The van der Waals surface area contributed by atoms with Gasteiger partial charge in [-0.25, -0.2) is 4.39 Å². The summed E-state index contributed by atoms with van der Waals surface area (Å²) in [5.74, 6) is -0.192. The average molecular weight is 388 g/mol. The Morgan fingerprint density at radius 3 is 2.58 bits per heavy atom. The molecule has 1 N–H and O–H groups in total. The second kappa shape index (κ2) is 6.89. The number of halogens is 2. The van der Waals surface area contributed by atoms with E-state index in [0.29, 0.717) is 11.1 Å². The molecule has 0 spiro atoms. The molecule has 0 aromatic heterocycles. The van der Waals surface area contributed by atoms with Crippen LogP contribution in [-0.2, 0) is 0 Å². The highest BCUT2D eigenvalue weighted by atomic mass is 79.9. The van der Waals surface area contributed by atoms with Gasteiger partial charge in [-0.05, 0) is 29.7 Å². The van der Waals surface area contributed by atoms with Gasteiger partial charge < -0.3 is 5.32 Å². The van der Waals surface area contributed by atoms with Gasteiger partial charge in [-0.3, -0.25) is 4.79 Å². The van der Waals surface area contributed by atoms with E-state index < -0.39 is 0 Å². The minimum Gasteiger partial charge on any atom is -0.322 e. The van der Waals surface area contributed by atoms with E-state index in [2.05, 4.69) is 35.1 Å². The van der Waals surface area contributed by atoms with E-state index in [0.717, 1.165) is 22.2 Å². The van der Waals surface area contributed by atoms with Gasteiger partial charge in [-0.1, -0.05) is 66.5 Å². The quantitative estimate of drug-likeness (QED) is 0.736. The molecule has 2 aromatic rings. The molecule has 1 aliphatic heterocycles. The van der Waals surface area contributed by atoms with Gasteiger partial charge in [0.05, 0.1) is 0 Å². The highest BCUT2D eigenvalue weighted by Gasteiger charge is 2.26. The van der Waals surface area contributed by atoms with Gasteiger partial charge in [-0.15, -0.1) is 0 Å². The maximum absolute atomic E-state index is 14.5. The Hall–Kier alpha value is -1.94. The number of allylic oxidation sites excluding steroid dienone is 1. The van der Waals surface area contributed by atoms with E-state index in [1.54, 1.807) is 0 Å². The molecule has 0 saturated heterocycles. The van der Waals surface area contributed by atoms with Crippen LogP contribution in [0.5, 0.6) is 0 Å². The predicted octanol–water partition coefficient (Wildman–Crippen LogP) is 5.50. The molecule has 0 radical (unpaired) electrons. The number of nitrogens with one attached hydrogen (secondary N) is 1. The Kier molecular flexibility index (Phi) is 4.86. The van der Waals surface area contributed by atoms with Crippen LogP contribution in [0.1, 0.15) is 47.7 Å². The first-order valence-electron chi connectivity index (χ1n) is 8.08. The molecular formula is C20H19BrFNO. The van der Waals surface area contributed by atoms with E-state index in [4.69, 9.17) is 0 Å². The smallest absolute Gasteiger partial charge is 0.256 e. The lowest BCUT2D eigenvalue weighted by Crippen LogP contribution is -2.15. The summed E-state index contributed by atoms with van der Waals surface area (Å²) < 4.78 is 15.2. The largest absolute Gasteiger partial charge is 0.322 e. The van der Waals surface area contributed by atoms with Crippen molar-refractivity contribution in [2.75, 3.05) is 0 Å². The number of hydrogen-bond donors (Lipinski definition) is 1. The molecule has 0 aliphatic carbocycles. The standard InChI is InChI=1S/C20H19BrFNO/c1-3-12(2)17(14-9-8-13(21)10-18(14)22)11-19-15-6-4-5-7-16(15)20(24)23-19/h4-12,17H,3H2,1-2H3,(H,23,24).